The molecular formula is C49H31N3O. The molecule has 0 bridgehead atoms. The van der Waals surface area contributed by atoms with Crippen LogP contribution in [0.1, 0.15) is 0 Å². The van der Waals surface area contributed by atoms with Crippen molar-refractivity contribution in [1.82, 2.24) is 15.0 Å². The molecular weight excluding hydrogens is 647 g/mol. The van der Waals surface area contributed by atoms with E-state index in [1.54, 1.807) is 0 Å². The first kappa shape index (κ1) is 30.6. The molecule has 2 heterocycles. The third-order valence-corrected chi connectivity index (χ3v) is 9.91. The lowest BCUT2D eigenvalue weighted by molar-refractivity contribution is 0.669. The van der Waals surface area contributed by atoms with E-state index < -0.39 is 0 Å². The van der Waals surface area contributed by atoms with Crippen LogP contribution in [0.15, 0.2) is 192 Å². The molecule has 0 aliphatic heterocycles. The van der Waals surface area contributed by atoms with E-state index in [0.29, 0.717) is 17.5 Å². The third-order valence-electron chi connectivity index (χ3n) is 9.91. The van der Waals surface area contributed by atoms with Crippen molar-refractivity contribution in [2.45, 2.75) is 0 Å². The number of fused-ring (bicyclic) bond motifs is 5. The van der Waals surface area contributed by atoms with E-state index in [1.807, 2.05) is 42.5 Å². The fourth-order valence-electron chi connectivity index (χ4n) is 7.34. The van der Waals surface area contributed by atoms with Crippen molar-refractivity contribution < 1.29 is 4.42 Å². The fraction of sp³-hybridized carbons (Fsp3) is 0. The summed E-state index contributed by atoms with van der Waals surface area (Å²) in [4.78, 5) is 15.5. The van der Waals surface area contributed by atoms with Gasteiger partial charge in [0, 0.05) is 27.5 Å². The normalized spacial score (nSPS) is 11.4. The van der Waals surface area contributed by atoms with Crippen molar-refractivity contribution in [1.29, 1.82) is 0 Å². The molecule has 8 aromatic carbocycles. The number of rotatable bonds is 6. The lowest BCUT2D eigenvalue weighted by Gasteiger charge is -2.15. The summed E-state index contributed by atoms with van der Waals surface area (Å²) in [6, 6.07) is 65.2. The smallest absolute Gasteiger partial charge is 0.164 e. The van der Waals surface area contributed by atoms with Crippen molar-refractivity contribution in [3.63, 3.8) is 0 Å². The Bertz CT molecular complexity index is 2880. The molecule has 0 radical (unpaired) electrons. The average Bonchev–Trinajstić information content (AvgIpc) is 3.63. The number of furan rings is 1. The van der Waals surface area contributed by atoms with Crippen LogP contribution < -0.4 is 0 Å². The van der Waals surface area contributed by atoms with E-state index >= 15 is 0 Å². The minimum atomic E-state index is 0.600. The molecule has 4 nitrogen and oxygen atoms in total. The molecule has 0 saturated heterocycles. The molecule has 10 aromatic rings. The zero-order valence-electron chi connectivity index (χ0n) is 28.6. The van der Waals surface area contributed by atoms with Gasteiger partial charge in [-0.05, 0) is 86.6 Å². The Morgan fingerprint density at radius 3 is 1.53 bits per heavy atom. The van der Waals surface area contributed by atoms with Gasteiger partial charge in [-0.1, -0.05) is 146 Å². The van der Waals surface area contributed by atoms with E-state index in [0.717, 1.165) is 77.4 Å². The Morgan fingerprint density at radius 2 is 0.830 bits per heavy atom. The van der Waals surface area contributed by atoms with Gasteiger partial charge in [0.15, 0.2) is 17.5 Å². The van der Waals surface area contributed by atoms with Crippen LogP contribution in [0, 0.1) is 0 Å². The molecule has 0 fully saturated rings. The molecule has 10 rings (SSSR count). The first-order valence-electron chi connectivity index (χ1n) is 17.8. The fourth-order valence-corrected chi connectivity index (χ4v) is 7.34. The topological polar surface area (TPSA) is 51.8 Å². The maximum atomic E-state index is 6.33. The number of hydrogen-bond donors (Lipinski definition) is 0. The third kappa shape index (κ3) is 5.63. The minimum Gasteiger partial charge on any atom is -0.456 e. The van der Waals surface area contributed by atoms with Gasteiger partial charge in [-0.15, -0.1) is 0 Å². The zero-order chi connectivity index (χ0) is 35.1. The van der Waals surface area contributed by atoms with Gasteiger partial charge in [0.2, 0.25) is 0 Å². The Kier molecular flexibility index (Phi) is 7.43. The van der Waals surface area contributed by atoms with E-state index in [9.17, 15) is 0 Å². The molecule has 2 aromatic heterocycles. The Labute approximate surface area is 306 Å². The van der Waals surface area contributed by atoms with Crippen LogP contribution >= 0.6 is 0 Å². The highest BCUT2D eigenvalue weighted by atomic mass is 16.3. The summed E-state index contributed by atoms with van der Waals surface area (Å²) in [6.45, 7) is 0. The standard InChI is InChI=1S/C49H31N3O/c1-4-14-32(15-5-1)37-28-38(33-16-6-2-7-17-33)30-39(29-37)40-21-12-13-23-42(40)49-51-47(35-19-8-3-9-20-35)50-48(52-49)36-25-26-44-43(31-36)46-41-22-11-10-18-34(41)24-27-45(46)53-44/h1-31H. The molecule has 0 unspecified atom stereocenters. The van der Waals surface area contributed by atoms with E-state index in [1.165, 1.54) is 5.39 Å². The van der Waals surface area contributed by atoms with Gasteiger partial charge < -0.3 is 4.42 Å². The molecule has 0 N–H and O–H groups in total. The second-order valence-electron chi connectivity index (χ2n) is 13.2. The number of nitrogens with zero attached hydrogens (tertiary/aromatic N) is 3. The zero-order valence-corrected chi connectivity index (χ0v) is 28.6. The number of benzene rings is 8. The average molecular weight is 678 g/mol. The monoisotopic (exact) mass is 677 g/mol. The van der Waals surface area contributed by atoms with Gasteiger partial charge in [0.1, 0.15) is 11.2 Å². The second kappa shape index (κ2) is 12.9. The van der Waals surface area contributed by atoms with Crippen LogP contribution in [0.25, 0.3) is 100 Å². The van der Waals surface area contributed by atoms with Gasteiger partial charge in [0.05, 0.1) is 0 Å². The summed E-state index contributed by atoms with van der Waals surface area (Å²) < 4.78 is 6.33. The Balaban J connectivity index is 1.18. The van der Waals surface area contributed by atoms with Crippen molar-refractivity contribution in [2.75, 3.05) is 0 Å². The summed E-state index contributed by atoms with van der Waals surface area (Å²) in [6.07, 6.45) is 0. The molecule has 53 heavy (non-hydrogen) atoms. The molecule has 248 valence electrons. The maximum absolute atomic E-state index is 6.33. The molecule has 0 amide bonds. The molecule has 0 saturated carbocycles. The largest absolute Gasteiger partial charge is 0.456 e. The van der Waals surface area contributed by atoms with Gasteiger partial charge >= 0.3 is 0 Å². The number of aromatic nitrogens is 3. The van der Waals surface area contributed by atoms with Crippen molar-refractivity contribution in [2.24, 2.45) is 0 Å². The summed E-state index contributed by atoms with van der Waals surface area (Å²) in [5.41, 5.74) is 11.2. The Morgan fingerprint density at radius 1 is 0.302 bits per heavy atom. The highest BCUT2D eigenvalue weighted by Gasteiger charge is 2.18. The van der Waals surface area contributed by atoms with Gasteiger partial charge in [-0.3, -0.25) is 0 Å². The van der Waals surface area contributed by atoms with Gasteiger partial charge in [-0.25, -0.2) is 15.0 Å². The van der Waals surface area contributed by atoms with Crippen LogP contribution in [0.5, 0.6) is 0 Å². The van der Waals surface area contributed by atoms with Gasteiger partial charge in [0.25, 0.3) is 0 Å². The quantitative estimate of drug-likeness (QED) is 0.176. The SMILES string of the molecule is c1ccc(-c2cc(-c3ccccc3)cc(-c3ccccc3-c3nc(-c4ccccc4)nc(-c4ccc5oc6ccc7ccccc7c6c5c4)n3)c2)cc1. The second-order valence-corrected chi connectivity index (χ2v) is 13.2. The Hall–Kier alpha value is -7.17. The van der Waals surface area contributed by atoms with E-state index in [2.05, 4.69) is 146 Å². The van der Waals surface area contributed by atoms with Crippen LogP contribution in [0.2, 0.25) is 0 Å². The predicted octanol–water partition coefficient (Wildman–Crippen LogP) is 12.9. The van der Waals surface area contributed by atoms with Crippen molar-refractivity contribution in [3.05, 3.63) is 188 Å². The molecule has 0 aliphatic rings. The first-order chi connectivity index (χ1) is 26.2. The van der Waals surface area contributed by atoms with Crippen LogP contribution in [0.3, 0.4) is 0 Å². The molecule has 0 spiro atoms. The first-order valence-corrected chi connectivity index (χ1v) is 17.8. The molecule has 0 aliphatic carbocycles. The van der Waals surface area contributed by atoms with Gasteiger partial charge in [-0.2, -0.15) is 0 Å². The van der Waals surface area contributed by atoms with Crippen molar-refractivity contribution >= 4 is 32.7 Å². The highest BCUT2D eigenvalue weighted by molar-refractivity contribution is 6.19. The predicted molar refractivity (Wildman–Crippen MR) is 217 cm³/mol. The number of hydrogen-bond acceptors (Lipinski definition) is 4. The van der Waals surface area contributed by atoms with Crippen LogP contribution in [-0.4, -0.2) is 15.0 Å². The minimum absolute atomic E-state index is 0.600. The highest BCUT2D eigenvalue weighted by Crippen LogP contribution is 2.39. The lowest BCUT2D eigenvalue weighted by atomic mass is 9.91. The van der Waals surface area contributed by atoms with Crippen molar-refractivity contribution in [3.8, 4) is 67.5 Å². The lowest BCUT2D eigenvalue weighted by Crippen LogP contribution is -2.01. The van der Waals surface area contributed by atoms with E-state index in [4.69, 9.17) is 19.4 Å². The van der Waals surface area contributed by atoms with Crippen LogP contribution in [-0.2, 0) is 0 Å². The van der Waals surface area contributed by atoms with E-state index in [-0.39, 0.29) is 0 Å². The molecule has 4 heteroatoms. The maximum Gasteiger partial charge on any atom is 0.164 e. The molecule has 0 atom stereocenters. The summed E-state index contributed by atoms with van der Waals surface area (Å²) >= 11 is 0. The summed E-state index contributed by atoms with van der Waals surface area (Å²) in [5, 5.41) is 4.45. The van der Waals surface area contributed by atoms with Crippen LogP contribution in [0.4, 0.5) is 0 Å². The summed E-state index contributed by atoms with van der Waals surface area (Å²) in [7, 11) is 0. The summed E-state index contributed by atoms with van der Waals surface area (Å²) in [5.74, 6) is 1.83.